The molecule has 4 heterocycles. The zero-order valence-electron chi connectivity index (χ0n) is 20.3. The van der Waals surface area contributed by atoms with Crippen LogP contribution in [0.25, 0.3) is 22.2 Å². The highest BCUT2D eigenvalue weighted by atomic mass is 16.5. The van der Waals surface area contributed by atoms with Gasteiger partial charge in [-0.3, -0.25) is 28.7 Å². The van der Waals surface area contributed by atoms with E-state index >= 15 is 0 Å². The van der Waals surface area contributed by atoms with Crippen LogP contribution in [0.4, 0.5) is 5.95 Å². The summed E-state index contributed by atoms with van der Waals surface area (Å²) in [4.78, 5) is 54.9. The Bertz CT molecular complexity index is 1570. The second-order valence-corrected chi connectivity index (χ2v) is 8.89. The van der Waals surface area contributed by atoms with E-state index in [-0.39, 0.29) is 30.3 Å². The van der Waals surface area contributed by atoms with Crippen molar-refractivity contribution in [2.75, 3.05) is 25.1 Å². The number of nitrogens with two attached hydrogens (primary N) is 1. The molecule has 4 aromatic rings. The van der Waals surface area contributed by atoms with Gasteiger partial charge in [-0.25, -0.2) is 4.79 Å². The number of esters is 1. The molecule has 0 aliphatic carbocycles. The molecule has 1 fully saturated rings. The molecule has 1 saturated heterocycles. The van der Waals surface area contributed by atoms with Crippen LogP contribution in [0.2, 0.25) is 0 Å². The predicted molar refractivity (Wildman–Crippen MR) is 134 cm³/mol. The van der Waals surface area contributed by atoms with Gasteiger partial charge >= 0.3 is 11.7 Å². The second kappa shape index (κ2) is 9.53. The van der Waals surface area contributed by atoms with Crippen molar-refractivity contribution in [3.8, 4) is 0 Å². The minimum Gasteiger partial charge on any atom is -0.468 e. The first kappa shape index (κ1) is 23.7. The Morgan fingerprint density at radius 3 is 2.64 bits per heavy atom. The number of piperidine rings is 1. The Labute approximate surface area is 205 Å². The second-order valence-electron chi connectivity index (χ2n) is 8.89. The molecule has 12 heteroatoms. The van der Waals surface area contributed by atoms with Gasteiger partial charge in [0.2, 0.25) is 5.95 Å². The van der Waals surface area contributed by atoms with E-state index in [0.717, 1.165) is 24.0 Å². The van der Waals surface area contributed by atoms with Gasteiger partial charge in [0.1, 0.15) is 6.54 Å². The van der Waals surface area contributed by atoms with Crippen LogP contribution in [0.3, 0.4) is 0 Å². The number of rotatable bonds is 6. The van der Waals surface area contributed by atoms with E-state index in [4.69, 9.17) is 15.5 Å². The van der Waals surface area contributed by atoms with Gasteiger partial charge in [0.25, 0.3) is 5.56 Å². The average molecular weight is 493 g/mol. The average Bonchev–Trinajstić information content (AvgIpc) is 3.28. The Kier molecular flexibility index (Phi) is 6.27. The van der Waals surface area contributed by atoms with Gasteiger partial charge < -0.3 is 19.9 Å². The van der Waals surface area contributed by atoms with Crippen LogP contribution in [0, 0.1) is 0 Å². The van der Waals surface area contributed by atoms with Gasteiger partial charge in [0, 0.05) is 38.1 Å². The molecule has 2 N–H and O–H groups in total. The number of ether oxygens (including phenoxy) is 1. The summed E-state index contributed by atoms with van der Waals surface area (Å²) in [6.07, 6.45) is 5.00. The summed E-state index contributed by atoms with van der Waals surface area (Å²) >= 11 is 0. The first-order valence-electron chi connectivity index (χ1n) is 11.9. The van der Waals surface area contributed by atoms with E-state index in [9.17, 15) is 14.4 Å². The number of nitrogens with zero attached hydrogens (tertiary/aromatic N) is 7. The highest BCUT2D eigenvalue weighted by molar-refractivity contribution is 5.78. The third kappa shape index (κ3) is 4.13. The van der Waals surface area contributed by atoms with Crippen molar-refractivity contribution in [2.45, 2.75) is 45.4 Å². The first-order valence-corrected chi connectivity index (χ1v) is 11.9. The van der Waals surface area contributed by atoms with Crippen LogP contribution < -0.4 is 21.9 Å². The fourth-order valence-corrected chi connectivity index (χ4v) is 4.78. The highest BCUT2D eigenvalue weighted by Crippen LogP contribution is 2.23. The number of imidazole rings is 1. The number of aryl methyl sites for hydroxylation is 1. The molecule has 1 atom stereocenters. The molecule has 1 unspecified atom stereocenters. The number of methoxy groups -OCH3 is 1. The van der Waals surface area contributed by atoms with Crippen LogP contribution in [-0.4, -0.2) is 60.9 Å². The third-order valence-corrected chi connectivity index (χ3v) is 6.54. The number of hydrogen-bond acceptors (Lipinski definition) is 9. The lowest BCUT2D eigenvalue weighted by atomic mass is 10.1. The van der Waals surface area contributed by atoms with Crippen LogP contribution in [0.5, 0.6) is 0 Å². The van der Waals surface area contributed by atoms with Gasteiger partial charge in [-0.2, -0.15) is 4.98 Å². The molecule has 3 aromatic heterocycles. The van der Waals surface area contributed by atoms with Crippen molar-refractivity contribution in [2.24, 2.45) is 5.73 Å². The zero-order valence-corrected chi connectivity index (χ0v) is 20.3. The lowest BCUT2D eigenvalue weighted by Crippen LogP contribution is -2.44. The van der Waals surface area contributed by atoms with E-state index in [2.05, 4.69) is 9.97 Å². The molecule has 0 radical (unpaired) electrons. The molecule has 188 valence electrons. The van der Waals surface area contributed by atoms with Crippen molar-refractivity contribution in [1.29, 1.82) is 0 Å². The summed E-state index contributed by atoms with van der Waals surface area (Å²) < 4.78 is 8.96. The largest absolute Gasteiger partial charge is 0.468 e. The maximum absolute atomic E-state index is 13.8. The summed E-state index contributed by atoms with van der Waals surface area (Å²) in [5, 5.41) is 0. The zero-order chi connectivity index (χ0) is 25.4. The summed E-state index contributed by atoms with van der Waals surface area (Å²) in [6, 6.07) is 5.38. The van der Waals surface area contributed by atoms with Crippen molar-refractivity contribution in [1.82, 2.24) is 28.7 Å². The van der Waals surface area contributed by atoms with Gasteiger partial charge in [-0.15, -0.1) is 0 Å². The van der Waals surface area contributed by atoms with Crippen LogP contribution >= 0.6 is 0 Å². The summed E-state index contributed by atoms with van der Waals surface area (Å²) in [6.45, 7) is 3.33. The fraction of sp³-hybridized carbons (Fsp3) is 0.417. The van der Waals surface area contributed by atoms with E-state index < -0.39 is 17.2 Å². The number of anilines is 1. The normalized spacial score (nSPS) is 16.1. The minimum atomic E-state index is -0.639. The standard InChI is InChI=1S/C24H28N8O4/c1-3-30-20-21(28-23(30)29-10-4-5-16(25)13-29)31(14-19(33)36-2)24(35)32(22(20)34)12-15-6-7-17-18(11-15)27-9-8-26-17/h6-9,11,16H,3-5,10,12-14,25H2,1-2H3. The highest BCUT2D eigenvalue weighted by Gasteiger charge is 2.27. The summed E-state index contributed by atoms with van der Waals surface area (Å²) in [5.41, 5.74) is 7.57. The van der Waals surface area contributed by atoms with Crippen molar-refractivity contribution >= 4 is 34.1 Å². The first-order chi connectivity index (χ1) is 17.4. The minimum absolute atomic E-state index is 0.000109. The summed E-state index contributed by atoms with van der Waals surface area (Å²) in [7, 11) is 1.25. The van der Waals surface area contributed by atoms with Gasteiger partial charge in [-0.05, 0) is 37.5 Å². The topological polar surface area (TPSA) is 143 Å². The monoisotopic (exact) mass is 492 g/mol. The number of fused-ring (bicyclic) bond motifs is 2. The molecule has 12 nitrogen and oxygen atoms in total. The van der Waals surface area contributed by atoms with Crippen molar-refractivity contribution < 1.29 is 9.53 Å². The number of hydrogen-bond donors (Lipinski definition) is 1. The SMILES string of the molecule is CCn1c(N2CCCC(N)C2)nc2c1c(=O)n(Cc1ccc3nccnc3c1)c(=O)n2CC(=O)OC. The van der Waals surface area contributed by atoms with Gasteiger partial charge in [0.15, 0.2) is 11.2 Å². The predicted octanol–water partition coefficient (Wildman–Crippen LogP) is 0.472. The molecule has 1 aliphatic rings. The Morgan fingerprint density at radius 2 is 1.92 bits per heavy atom. The quantitative estimate of drug-likeness (QED) is 0.380. The number of benzene rings is 1. The smallest absolute Gasteiger partial charge is 0.333 e. The molecule has 0 saturated carbocycles. The van der Waals surface area contributed by atoms with Gasteiger partial charge in [0.05, 0.1) is 24.7 Å². The van der Waals surface area contributed by atoms with E-state index in [1.54, 1.807) is 35.2 Å². The van der Waals surface area contributed by atoms with Crippen molar-refractivity contribution in [3.63, 3.8) is 0 Å². The summed E-state index contributed by atoms with van der Waals surface area (Å²) in [5.74, 6) is -0.0475. The number of carbonyl (C=O) groups excluding carboxylic acids is 1. The Hall–Kier alpha value is -4.06. The molecule has 0 amide bonds. The molecule has 5 rings (SSSR count). The van der Waals surface area contributed by atoms with Crippen LogP contribution in [-0.2, 0) is 29.2 Å². The molecule has 36 heavy (non-hydrogen) atoms. The fourth-order valence-electron chi connectivity index (χ4n) is 4.78. The molecule has 1 aromatic carbocycles. The lowest BCUT2D eigenvalue weighted by molar-refractivity contribution is -0.141. The molecule has 1 aliphatic heterocycles. The van der Waals surface area contributed by atoms with Crippen LogP contribution in [0.15, 0.2) is 40.2 Å². The third-order valence-electron chi connectivity index (χ3n) is 6.54. The van der Waals surface area contributed by atoms with Crippen molar-refractivity contribution in [3.05, 3.63) is 57.0 Å². The molecule has 0 spiro atoms. The van der Waals surface area contributed by atoms with Gasteiger partial charge in [-0.1, -0.05) is 6.07 Å². The maximum Gasteiger partial charge on any atom is 0.333 e. The maximum atomic E-state index is 13.8. The molecular formula is C24H28N8O4. The van der Waals surface area contributed by atoms with E-state index in [1.807, 2.05) is 11.8 Å². The van der Waals surface area contributed by atoms with E-state index in [1.165, 1.54) is 11.7 Å². The number of carbonyl (C=O) groups is 1. The Balaban J connectivity index is 1.71. The molecule has 0 bridgehead atoms. The Morgan fingerprint density at radius 1 is 1.14 bits per heavy atom. The molecular weight excluding hydrogens is 464 g/mol. The lowest BCUT2D eigenvalue weighted by Gasteiger charge is -2.31. The van der Waals surface area contributed by atoms with Crippen LogP contribution in [0.1, 0.15) is 25.3 Å². The number of aromatic nitrogens is 6. The van der Waals surface area contributed by atoms with E-state index in [0.29, 0.717) is 35.6 Å².